The molecule has 0 saturated carbocycles. The number of amides is 1. The quantitative estimate of drug-likeness (QED) is 0.887. The molecule has 0 spiro atoms. The van der Waals surface area contributed by atoms with Gasteiger partial charge in [-0.15, -0.1) is 0 Å². The van der Waals surface area contributed by atoms with Gasteiger partial charge in [-0.05, 0) is 42.3 Å². The Morgan fingerprint density at radius 2 is 1.95 bits per heavy atom. The molecule has 2 aromatic carbocycles. The summed E-state index contributed by atoms with van der Waals surface area (Å²) in [5.41, 5.74) is 8.52. The van der Waals surface area contributed by atoms with Crippen molar-refractivity contribution in [3.05, 3.63) is 59.7 Å². The summed E-state index contributed by atoms with van der Waals surface area (Å²) < 4.78 is 5.15. The van der Waals surface area contributed by atoms with Crippen LogP contribution in [-0.4, -0.2) is 13.0 Å². The second-order valence-corrected chi connectivity index (χ2v) is 4.99. The van der Waals surface area contributed by atoms with Gasteiger partial charge in [0, 0.05) is 11.7 Å². The molecule has 0 aliphatic heterocycles. The van der Waals surface area contributed by atoms with Crippen molar-refractivity contribution in [2.75, 3.05) is 12.4 Å². The monoisotopic (exact) mass is 284 g/mol. The molecule has 2 aromatic rings. The number of nitrogens with two attached hydrogens (primary N) is 1. The predicted octanol–water partition coefficient (Wildman–Crippen LogP) is 2.90. The van der Waals surface area contributed by atoms with Crippen molar-refractivity contribution >= 4 is 11.6 Å². The fourth-order valence-corrected chi connectivity index (χ4v) is 2.04. The lowest BCUT2D eigenvalue weighted by Crippen LogP contribution is -2.14. The zero-order valence-corrected chi connectivity index (χ0v) is 12.3. The lowest BCUT2D eigenvalue weighted by Gasteiger charge is -2.09. The van der Waals surface area contributed by atoms with Gasteiger partial charge in [-0.25, -0.2) is 0 Å². The van der Waals surface area contributed by atoms with Crippen LogP contribution in [0, 0.1) is 0 Å². The highest BCUT2D eigenvalue weighted by molar-refractivity contribution is 5.92. The first-order valence-corrected chi connectivity index (χ1v) is 6.87. The van der Waals surface area contributed by atoms with E-state index in [2.05, 4.69) is 5.32 Å². The van der Waals surface area contributed by atoms with Gasteiger partial charge in [0.05, 0.1) is 13.5 Å². The van der Waals surface area contributed by atoms with Crippen LogP contribution in [0.3, 0.4) is 0 Å². The van der Waals surface area contributed by atoms with E-state index in [1.54, 1.807) is 7.11 Å². The van der Waals surface area contributed by atoms with Crippen molar-refractivity contribution in [1.82, 2.24) is 0 Å². The molecule has 21 heavy (non-hydrogen) atoms. The van der Waals surface area contributed by atoms with Gasteiger partial charge in [0.2, 0.25) is 5.91 Å². The topological polar surface area (TPSA) is 64.3 Å². The third-order valence-electron chi connectivity index (χ3n) is 3.22. The molecule has 1 unspecified atom stereocenters. The molecule has 0 fully saturated rings. The molecule has 0 bridgehead atoms. The summed E-state index contributed by atoms with van der Waals surface area (Å²) in [6.45, 7) is 1.93. The highest BCUT2D eigenvalue weighted by atomic mass is 16.5. The summed E-state index contributed by atoms with van der Waals surface area (Å²) in [5, 5.41) is 2.87. The van der Waals surface area contributed by atoms with Gasteiger partial charge < -0.3 is 15.8 Å². The SMILES string of the molecule is COc1cccc(CC(=O)Nc2ccc(C(C)N)cc2)c1. The van der Waals surface area contributed by atoms with Gasteiger partial charge in [-0.3, -0.25) is 4.79 Å². The van der Waals surface area contributed by atoms with Crippen LogP contribution >= 0.6 is 0 Å². The number of hydrogen-bond acceptors (Lipinski definition) is 3. The second kappa shape index (κ2) is 6.90. The van der Waals surface area contributed by atoms with Crippen molar-refractivity contribution in [1.29, 1.82) is 0 Å². The third-order valence-corrected chi connectivity index (χ3v) is 3.22. The van der Waals surface area contributed by atoms with Crippen LogP contribution in [0.15, 0.2) is 48.5 Å². The van der Waals surface area contributed by atoms with Gasteiger partial charge in [0.25, 0.3) is 0 Å². The maximum Gasteiger partial charge on any atom is 0.228 e. The second-order valence-electron chi connectivity index (χ2n) is 4.99. The average Bonchev–Trinajstić information content (AvgIpc) is 2.47. The molecule has 4 heteroatoms. The highest BCUT2D eigenvalue weighted by Crippen LogP contribution is 2.16. The Kier molecular flexibility index (Phi) is 4.95. The lowest BCUT2D eigenvalue weighted by molar-refractivity contribution is -0.115. The molecule has 3 N–H and O–H groups in total. The van der Waals surface area contributed by atoms with E-state index in [0.29, 0.717) is 6.42 Å². The molecule has 0 aromatic heterocycles. The van der Waals surface area contributed by atoms with Crippen molar-refractivity contribution < 1.29 is 9.53 Å². The minimum absolute atomic E-state index is 0.00784. The Morgan fingerprint density at radius 3 is 2.57 bits per heavy atom. The summed E-state index contributed by atoms with van der Waals surface area (Å²) in [4.78, 5) is 12.0. The first-order valence-electron chi connectivity index (χ1n) is 6.87. The average molecular weight is 284 g/mol. The predicted molar refractivity (Wildman–Crippen MR) is 84.4 cm³/mol. The molecular formula is C17H20N2O2. The number of anilines is 1. The van der Waals surface area contributed by atoms with E-state index >= 15 is 0 Å². The Bertz CT molecular complexity index is 606. The van der Waals surface area contributed by atoms with Crippen LogP contribution in [0.1, 0.15) is 24.1 Å². The number of nitrogens with one attached hydrogen (secondary N) is 1. The van der Waals surface area contributed by atoms with Gasteiger partial charge in [0.1, 0.15) is 5.75 Å². The van der Waals surface area contributed by atoms with E-state index in [1.807, 2.05) is 55.5 Å². The van der Waals surface area contributed by atoms with Crippen molar-refractivity contribution in [2.24, 2.45) is 5.73 Å². The molecule has 110 valence electrons. The smallest absolute Gasteiger partial charge is 0.228 e. The Hall–Kier alpha value is -2.33. The molecule has 0 saturated heterocycles. The first-order chi connectivity index (χ1) is 10.1. The Morgan fingerprint density at radius 1 is 1.24 bits per heavy atom. The van der Waals surface area contributed by atoms with Gasteiger partial charge in [-0.1, -0.05) is 24.3 Å². The summed E-state index contributed by atoms with van der Waals surface area (Å²) >= 11 is 0. The zero-order valence-electron chi connectivity index (χ0n) is 12.3. The largest absolute Gasteiger partial charge is 0.497 e. The molecule has 0 aliphatic carbocycles. The fraction of sp³-hybridized carbons (Fsp3) is 0.235. The summed E-state index contributed by atoms with van der Waals surface area (Å²) in [6, 6.07) is 15.1. The van der Waals surface area contributed by atoms with E-state index in [9.17, 15) is 4.79 Å². The maximum atomic E-state index is 12.0. The van der Waals surface area contributed by atoms with E-state index in [-0.39, 0.29) is 11.9 Å². The van der Waals surface area contributed by atoms with Gasteiger partial charge >= 0.3 is 0 Å². The highest BCUT2D eigenvalue weighted by Gasteiger charge is 2.06. The van der Waals surface area contributed by atoms with Crippen LogP contribution in [-0.2, 0) is 11.2 Å². The van der Waals surface area contributed by atoms with Crippen molar-refractivity contribution in [2.45, 2.75) is 19.4 Å². The molecule has 0 heterocycles. The maximum absolute atomic E-state index is 12.0. The minimum atomic E-state index is -0.0585. The third kappa shape index (κ3) is 4.33. The molecule has 1 amide bonds. The van der Waals surface area contributed by atoms with E-state index in [4.69, 9.17) is 10.5 Å². The number of carbonyl (C=O) groups excluding carboxylic acids is 1. The summed E-state index contributed by atoms with van der Waals surface area (Å²) in [5.74, 6) is 0.693. The number of benzene rings is 2. The number of methoxy groups -OCH3 is 1. The minimum Gasteiger partial charge on any atom is -0.497 e. The van der Waals surface area contributed by atoms with Crippen LogP contribution in [0.5, 0.6) is 5.75 Å². The number of hydrogen-bond donors (Lipinski definition) is 2. The number of carbonyl (C=O) groups is 1. The first kappa shape index (κ1) is 15.1. The van der Waals surface area contributed by atoms with Crippen LogP contribution < -0.4 is 15.8 Å². The standard InChI is InChI=1S/C17H20N2O2/c1-12(18)14-6-8-15(9-7-14)19-17(20)11-13-4-3-5-16(10-13)21-2/h3-10,12H,11,18H2,1-2H3,(H,19,20). The normalized spacial score (nSPS) is 11.8. The van der Waals surface area contributed by atoms with Crippen LogP contribution in [0.2, 0.25) is 0 Å². The van der Waals surface area contributed by atoms with Crippen LogP contribution in [0.4, 0.5) is 5.69 Å². The Balaban J connectivity index is 1.97. The fourth-order valence-electron chi connectivity index (χ4n) is 2.04. The van der Waals surface area contributed by atoms with Crippen molar-refractivity contribution in [3.8, 4) is 5.75 Å². The van der Waals surface area contributed by atoms with E-state index < -0.39 is 0 Å². The molecule has 0 radical (unpaired) electrons. The number of ether oxygens (including phenoxy) is 1. The zero-order chi connectivity index (χ0) is 15.2. The van der Waals surface area contributed by atoms with E-state index in [0.717, 1.165) is 22.6 Å². The molecule has 2 rings (SSSR count). The summed E-state index contributed by atoms with van der Waals surface area (Å²) in [7, 11) is 1.61. The molecule has 1 atom stereocenters. The van der Waals surface area contributed by atoms with Gasteiger partial charge in [0.15, 0.2) is 0 Å². The van der Waals surface area contributed by atoms with Crippen LogP contribution in [0.25, 0.3) is 0 Å². The number of rotatable bonds is 5. The lowest BCUT2D eigenvalue weighted by atomic mass is 10.1. The van der Waals surface area contributed by atoms with Gasteiger partial charge in [-0.2, -0.15) is 0 Å². The Labute approximate surface area is 124 Å². The molecular weight excluding hydrogens is 264 g/mol. The molecule has 4 nitrogen and oxygen atoms in total. The molecule has 0 aliphatic rings. The van der Waals surface area contributed by atoms with Crippen molar-refractivity contribution in [3.63, 3.8) is 0 Å². The summed E-state index contributed by atoms with van der Waals surface area (Å²) in [6.07, 6.45) is 0.312. The van der Waals surface area contributed by atoms with E-state index in [1.165, 1.54) is 0 Å².